The Morgan fingerprint density at radius 1 is 1.11 bits per heavy atom. The number of pyridine rings is 1. The first-order valence-corrected chi connectivity index (χ1v) is 12.4. The van der Waals surface area contributed by atoms with Crippen LogP contribution in [-0.4, -0.2) is 46.7 Å². The van der Waals surface area contributed by atoms with Gasteiger partial charge in [0.15, 0.2) is 0 Å². The van der Waals surface area contributed by atoms with Crippen molar-refractivity contribution in [2.45, 2.75) is 30.9 Å². The van der Waals surface area contributed by atoms with Crippen molar-refractivity contribution in [2.24, 2.45) is 0 Å². The molecule has 4 aromatic rings. The van der Waals surface area contributed by atoms with Gasteiger partial charge in [-0.25, -0.2) is 9.78 Å². The Morgan fingerprint density at radius 2 is 1.89 bits per heavy atom. The molecule has 0 aliphatic rings. The maximum absolute atomic E-state index is 12.7. The zero-order valence-corrected chi connectivity index (χ0v) is 20.5. The number of nitrogens with zero attached hydrogens (tertiary/aromatic N) is 2. The number of urea groups is 1. The molecule has 0 aliphatic heterocycles. The van der Waals surface area contributed by atoms with E-state index in [0.717, 1.165) is 0 Å². The zero-order chi connectivity index (χ0) is 25.8. The maximum Gasteiger partial charge on any atom is 0.339 e. The summed E-state index contributed by atoms with van der Waals surface area (Å²) in [6.07, 6.45) is 1.64. The van der Waals surface area contributed by atoms with Gasteiger partial charge in [-0.05, 0) is 62.4 Å². The van der Waals surface area contributed by atoms with Gasteiger partial charge in [0, 0.05) is 24.5 Å². The Hall–Kier alpha value is -4.16. The minimum absolute atomic E-state index is 0.0204. The van der Waals surface area contributed by atoms with E-state index in [1.165, 1.54) is 24.3 Å². The number of H-pyrrole nitrogens is 1. The van der Waals surface area contributed by atoms with Crippen LogP contribution in [-0.2, 0) is 16.7 Å². The van der Waals surface area contributed by atoms with Crippen LogP contribution < -0.4 is 20.1 Å². The van der Waals surface area contributed by atoms with E-state index in [0.29, 0.717) is 29.0 Å². The highest BCUT2D eigenvalue weighted by molar-refractivity contribution is 7.87. The number of carbonyl (C=O) groups is 1. The van der Waals surface area contributed by atoms with Crippen LogP contribution >= 0.6 is 0 Å². The zero-order valence-electron chi connectivity index (χ0n) is 19.6. The van der Waals surface area contributed by atoms with Crippen LogP contribution in [0.15, 0.2) is 71.8 Å². The number of hydrogen-bond acceptors (Lipinski definition) is 8. The predicted molar refractivity (Wildman–Crippen MR) is 135 cm³/mol. The van der Waals surface area contributed by atoms with Crippen LogP contribution in [0.3, 0.4) is 0 Å². The number of benzene rings is 2. The molecular formula is C24H26N6O5S. The van der Waals surface area contributed by atoms with Crippen LogP contribution in [0, 0.1) is 0 Å². The van der Waals surface area contributed by atoms with Gasteiger partial charge < -0.3 is 24.9 Å². The number of aromatic amines is 1. The average molecular weight is 511 g/mol. The summed E-state index contributed by atoms with van der Waals surface area (Å²) in [6.45, 7) is 3.89. The van der Waals surface area contributed by atoms with Crippen LogP contribution in [0.2, 0.25) is 0 Å². The predicted octanol–water partition coefficient (Wildman–Crippen LogP) is 3.23. The molecule has 0 spiro atoms. The molecule has 36 heavy (non-hydrogen) atoms. The van der Waals surface area contributed by atoms with Gasteiger partial charge in [0.1, 0.15) is 10.6 Å². The number of anilines is 2. The second-order valence-electron chi connectivity index (χ2n) is 8.62. The van der Waals surface area contributed by atoms with Crippen molar-refractivity contribution in [1.82, 2.24) is 20.3 Å². The fourth-order valence-electron chi connectivity index (χ4n) is 3.16. The lowest BCUT2D eigenvalue weighted by Crippen LogP contribution is -2.29. The van der Waals surface area contributed by atoms with E-state index in [4.69, 9.17) is 4.18 Å². The Kier molecular flexibility index (Phi) is 7.08. The molecule has 2 heterocycles. The summed E-state index contributed by atoms with van der Waals surface area (Å²) < 4.78 is 30.7. The molecule has 5 N–H and O–H groups in total. The first-order valence-electron chi connectivity index (χ1n) is 11.0. The molecule has 11 nitrogen and oxygen atoms in total. The number of aliphatic hydroxyl groups is 1. The quantitative estimate of drug-likeness (QED) is 0.215. The number of amides is 2. The molecule has 0 aliphatic carbocycles. The minimum Gasteiger partial charge on any atom is -0.389 e. The van der Waals surface area contributed by atoms with Crippen molar-refractivity contribution in [3.05, 3.63) is 72.6 Å². The first-order chi connectivity index (χ1) is 17.1. The summed E-state index contributed by atoms with van der Waals surface area (Å²) in [6, 6.07) is 15.5. The van der Waals surface area contributed by atoms with Gasteiger partial charge in [0.25, 0.3) is 0 Å². The van der Waals surface area contributed by atoms with Gasteiger partial charge in [0.05, 0.1) is 28.9 Å². The number of aromatic nitrogens is 3. The number of rotatable bonds is 9. The van der Waals surface area contributed by atoms with E-state index in [1.54, 1.807) is 50.4 Å². The van der Waals surface area contributed by atoms with Crippen molar-refractivity contribution in [3.8, 4) is 5.75 Å². The number of carbonyl (C=O) groups excluding carboxylic acids is 1. The van der Waals surface area contributed by atoms with Crippen molar-refractivity contribution in [3.63, 3.8) is 0 Å². The maximum atomic E-state index is 12.7. The van der Waals surface area contributed by atoms with Crippen LogP contribution in [0.4, 0.5) is 16.4 Å². The third-order valence-corrected chi connectivity index (χ3v) is 6.18. The van der Waals surface area contributed by atoms with E-state index in [1.807, 2.05) is 6.07 Å². The fraction of sp³-hybridized carbons (Fsp3) is 0.208. The summed E-state index contributed by atoms with van der Waals surface area (Å²) in [4.78, 5) is 23.5. The highest BCUT2D eigenvalue weighted by atomic mass is 32.2. The van der Waals surface area contributed by atoms with Crippen molar-refractivity contribution in [1.29, 1.82) is 0 Å². The Bertz CT molecular complexity index is 1450. The number of fused-ring (bicyclic) bond motifs is 1. The van der Waals surface area contributed by atoms with Crippen LogP contribution in [0.1, 0.15) is 19.5 Å². The lowest BCUT2D eigenvalue weighted by molar-refractivity contribution is 0.0945. The van der Waals surface area contributed by atoms with Gasteiger partial charge in [-0.2, -0.15) is 8.42 Å². The summed E-state index contributed by atoms with van der Waals surface area (Å²) in [5.41, 5.74) is 1.47. The molecule has 188 valence electrons. The topological polar surface area (TPSA) is 158 Å². The molecule has 4 rings (SSSR count). The van der Waals surface area contributed by atoms with Crippen LogP contribution in [0.25, 0.3) is 11.0 Å². The normalized spacial score (nSPS) is 11.8. The minimum atomic E-state index is -4.09. The fourth-order valence-corrected chi connectivity index (χ4v) is 4.08. The number of nitrogens with one attached hydrogen (secondary N) is 4. The lowest BCUT2D eigenvalue weighted by Gasteiger charge is -2.18. The largest absolute Gasteiger partial charge is 0.389 e. The summed E-state index contributed by atoms with van der Waals surface area (Å²) in [7, 11) is -4.09. The Balaban J connectivity index is 1.39. The lowest BCUT2D eigenvalue weighted by atomic mass is 10.1. The molecule has 2 amide bonds. The molecule has 0 unspecified atom stereocenters. The van der Waals surface area contributed by atoms with Gasteiger partial charge in [-0.15, -0.1) is 0 Å². The highest BCUT2D eigenvalue weighted by Gasteiger charge is 2.18. The van der Waals surface area contributed by atoms with Crippen molar-refractivity contribution < 1.29 is 22.5 Å². The van der Waals surface area contributed by atoms with E-state index in [9.17, 15) is 18.3 Å². The molecule has 12 heteroatoms. The van der Waals surface area contributed by atoms with Gasteiger partial charge in [-0.1, -0.05) is 6.07 Å². The molecular weight excluding hydrogens is 484 g/mol. The SMILES string of the molecule is CC(C)(O)CNc1ccc(S(=O)(=O)Oc2ccc3nc(NC(=O)NCc4ccccn4)[nH]c3c2)cc1. The van der Waals surface area contributed by atoms with E-state index >= 15 is 0 Å². The first kappa shape index (κ1) is 24.9. The molecule has 0 saturated carbocycles. The van der Waals surface area contributed by atoms with E-state index in [-0.39, 0.29) is 23.1 Å². The summed E-state index contributed by atoms with van der Waals surface area (Å²) in [5.74, 6) is 0.277. The van der Waals surface area contributed by atoms with Crippen molar-refractivity contribution in [2.75, 3.05) is 17.2 Å². The third kappa shape index (κ3) is 6.71. The third-order valence-electron chi connectivity index (χ3n) is 4.92. The monoisotopic (exact) mass is 510 g/mol. The smallest absolute Gasteiger partial charge is 0.339 e. The Labute approximate surface area is 208 Å². The van der Waals surface area contributed by atoms with Crippen LogP contribution in [0.5, 0.6) is 5.75 Å². The molecule has 2 aromatic heterocycles. The number of hydrogen-bond donors (Lipinski definition) is 5. The molecule has 0 radical (unpaired) electrons. The molecule has 0 bridgehead atoms. The second-order valence-corrected chi connectivity index (χ2v) is 10.2. The molecule has 0 fully saturated rings. The summed E-state index contributed by atoms with van der Waals surface area (Å²) >= 11 is 0. The van der Waals surface area contributed by atoms with Gasteiger partial charge in [0.2, 0.25) is 5.95 Å². The van der Waals surface area contributed by atoms with E-state index < -0.39 is 21.8 Å². The average Bonchev–Trinajstić information content (AvgIpc) is 3.23. The molecule has 0 atom stereocenters. The molecule has 2 aromatic carbocycles. The summed E-state index contributed by atoms with van der Waals surface area (Å²) in [5, 5.41) is 18.1. The van der Waals surface area contributed by atoms with Crippen molar-refractivity contribution >= 4 is 38.8 Å². The highest BCUT2D eigenvalue weighted by Crippen LogP contribution is 2.24. The van der Waals surface area contributed by atoms with E-state index in [2.05, 4.69) is 30.9 Å². The van der Waals surface area contributed by atoms with Gasteiger partial charge in [-0.3, -0.25) is 10.3 Å². The Morgan fingerprint density at radius 3 is 2.58 bits per heavy atom. The molecule has 0 saturated heterocycles. The standard InChI is InChI=1S/C24H26N6O5S/c1-24(2,32)15-27-16-6-9-19(10-7-16)36(33,34)35-18-8-11-20-21(13-18)29-22(28-20)30-23(31)26-14-17-5-3-4-12-25-17/h3-13,27,32H,14-15H2,1-2H3,(H3,26,28,29,30,31). The second kappa shape index (κ2) is 10.2. The number of imidazole rings is 1. The van der Waals surface area contributed by atoms with Gasteiger partial charge >= 0.3 is 16.1 Å².